The van der Waals surface area contributed by atoms with E-state index >= 15 is 0 Å². The van der Waals surface area contributed by atoms with Gasteiger partial charge in [-0.3, -0.25) is 0 Å². The molecule has 1 atom stereocenters. The van der Waals surface area contributed by atoms with E-state index in [9.17, 15) is 0 Å². The smallest absolute Gasteiger partial charge is 0.0478 e. The van der Waals surface area contributed by atoms with Crippen molar-refractivity contribution in [1.29, 1.82) is 0 Å². The summed E-state index contributed by atoms with van der Waals surface area (Å²) in [5.41, 5.74) is 0.426. The van der Waals surface area contributed by atoms with Gasteiger partial charge in [-0.15, -0.1) is 0 Å². The molecule has 0 radical (unpaired) electrons. The van der Waals surface area contributed by atoms with Crippen molar-refractivity contribution in [3.63, 3.8) is 0 Å². The van der Waals surface area contributed by atoms with E-state index in [4.69, 9.17) is 0 Å². The maximum Gasteiger partial charge on any atom is 0.0478 e. The summed E-state index contributed by atoms with van der Waals surface area (Å²) in [5, 5.41) is 0. The molecule has 0 aliphatic heterocycles. The maximum atomic E-state index is 2.60. The Morgan fingerprint density at radius 1 is 0.688 bits per heavy atom. The second kappa shape index (κ2) is 4.27. The van der Waals surface area contributed by atoms with Gasteiger partial charge in [0.2, 0.25) is 0 Å². The molecule has 0 N–H and O–H groups in total. The molecule has 0 bridgehead atoms. The molecule has 0 aromatic heterocycles. The van der Waals surface area contributed by atoms with E-state index in [1.165, 1.54) is 0 Å². The molecule has 0 heterocycles. The molecule has 0 aromatic rings. The second-order valence-electron chi connectivity index (χ2n) is 8.79. The molecule has 0 rings (SSSR count). The highest BCUT2D eigenvalue weighted by Crippen LogP contribution is 2.57. The summed E-state index contributed by atoms with van der Waals surface area (Å²) < 4.78 is 0.595. The molecule has 0 nitrogen and oxygen atoms in total. The highest BCUT2D eigenvalue weighted by molar-refractivity contribution is 6.98. The summed E-state index contributed by atoms with van der Waals surface area (Å²) in [5.74, 6) is 0.804. The largest absolute Gasteiger partial charge is 0.0694 e. The third kappa shape index (κ3) is 2.81. The summed E-state index contributed by atoms with van der Waals surface area (Å²) in [6.07, 6.45) is 0. The van der Waals surface area contributed by atoms with Crippen LogP contribution in [0.2, 0.25) is 43.9 Å². The Bertz CT molecular complexity index is 221. The van der Waals surface area contributed by atoms with Crippen LogP contribution >= 0.6 is 0 Å². The van der Waals surface area contributed by atoms with E-state index in [2.05, 4.69) is 73.9 Å². The van der Waals surface area contributed by atoms with Crippen molar-refractivity contribution in [3.8, 4) is 0 Å². The Morgan fingerprint density at radius 2 is 0.938 bits per heavy atom. The van der Waals surface area contributed by atoms with E-state index in [-0.39, 0.29) is 0 Å². The van der Waals surface area contributed by atoms with Crippen LogP contribution in [0.3, 0.4) is 0 Å². The third-order valence-corrected chi connectivity index (χ3v) is 16.9. The predicted molar refractivity (Wildman–Crippen MR) is 83.7 cm³/mol. The third-order valence-electron chi connectivity index (χ3n) is 5.28. The van der Waals surface area contributed by atoms with E-state index in [0.29, 0.717) is 10.1 Å². The predicted octanol–water partition coefficient (Wildman–Crippen LogP) is 5.64. The molecule has 1 unspecified atom stereocenters. The maximum absolute atomic E-state index is 2.60. The molecule has 0 aliphatic carbocycles. The van der Waals surface area contributed by atoms with Crippen LogP contribution < -0.4 is 0 Å². The van der Waals surface area contributed by atoms with Crippen molar-refractivity contribution in [2.24, 2.45) is 11.3 Å². The molecule has 0 saturated heterocycles. The van der Waals surface area contributed by atoms with Gasteiger partial charge in [0.25, 0.3) is 0 Å². The zero-order valence-corrected chi connectivity index (χ0v) is 15.6. The van der Waals surface area contributed by atoms with Gasteiger partial charge < -0.3 is 0 Å². The Morgan fingerprint density at radius 3 is 1.00 bits per heavy atom. The fraction of sp³-hybridized carbons (Fsp3) is 1.00. The van der Waals surface area contributed by atoms with Crippen molar-refractivity contribution in [2.45, 2.75) is 78.6 Å². The molecule has 98 valence electrons. The minimum absolute atomic E-state index is 0.426. The highest BCUT2D eigenvalue weighted by atomic mass is 28.4. The minimum atomic E-state index is -1.16. The first-order valence-electron chi connectivity index (χ1n) is 6.65. The quantitative estimate of drug-likeness (QED) is 0.574. The van der Waals surface area contributed by atoms with Gasteiger partial charge in [0, 0.05) is 16.1 Å². The average Bonchev–Trinajstić information content (AvgIpc) is 1.95. The summed E-state index contributed by atoms with van der Waals surface area (Å²) in [4.78, 5) is 0. The van der Waals surface area contributed by atoms with Crippen molar-refractivity contribution < 1.29 is 0 Å². The van der Waals surface area contributed by atoms with Gasteiger partial charge in [-0.1, -0.05) is 73.9 Å². The highest BCUT2D eigenvalue weighted by Gasteiger charge is 2.54. The second-order valence-corrected chi connectivity index (χ2v) is 20.4. The first-order chi connectivity index (χ1) is 6.65. The topological polar surface area (TPSA) is 0 Å². The van der Waals surface area contributed by atoms with E-state index in [1.807, 2.05) is 0 Å². The Labute approximate surface area is 106 Å². The van der Waals surface area contributed by atoms with Crippen LogP contribution in [0.25, 0.3) is 0 Å². The number of hydrogen-bond donors (Lipinski definition) is 0. The van der Waals surface area contributed by atoms with Gasteiger partial charge in [-0.05, 0) is 16.0 Å². The molecule has 0 aromatic carbocycles. The minimum Gasteiger partial charge on any atom is -0.0694 e. The fourth-order valence-electron chi connectivity index (χ4n) is 3.29. The molecule has 0 saturated carbocycles. The fourth-order valence-corrected chi connectivity index (χ4v) is 15.8. The van der Waals surface area contributed by atoms with Crippen LogP contribution in [0.1, 0.15) is 34.6 Å². The lowest BCUT2D eigenvalue weighted by Gasteiger charge is -2.57. The van der Waals surface area contributed by atoms with Crippen LogP contribution in [0.4, 0.5) is 0 Å². The normalized spacial score (nSPS) is 17.4. The van der Waals surface area contributed by atoms with Crippen LogP contribution in [0.5, 0.6) is 0 Å². The molecule has 2 heteroatoms. The molecule has 0 fully saturated rings. The van der Waals surface area contributed by atoms with Crippen LogP contribution in [-0.4, -0.2) is 16.1 Å². The summed E-state index contributed by atoms with van der Waals surface area (Å²) >= 11 is 0. The zero-order valence-electron chi connectivity index (χ0n) is 13.6. The van der Waals surface area contributed by atoms with E-state index < -0.39 is 16.1 Å². The van der Waals surface area contributed by atoms with Gasteiger partial charge in [0.15, 0.2) is 0 Å². The monoisotopic (exact) mass is 258 g/mol. The molecule has 0 aliphatic rings. The van der Waals surface area contributed by atoms with Crippen LogP contribution in [0.15, 0.2) is 0 Å². The lowest BCUT2D eigenvalue weighted by atomic mass is 9.80. The summed E-state index contributed by atoms with van der Waals surface area (Å²) in [6, 6.07) is 0. The first kappa shape index (κ1) is 16.4. The molecule has 0 spiro atoms. The van der Waals surface area contributed by atoms with Crippen molar-refractivity contribution in [3.05, 3.63) is 0 Å². The standard InChI is InChI=1S/C14H34Si2/c1-12(13(2,3)4)14(5,15(6,7)8)16(9,10)11/h12H,1-11H3. The van der Waals surface area contributed by atoms with Crippen LogP contribution in [0, 0.1) is 11.3 Å². The zero-order chi connectivity index (χ0) is 13.6. The van der Waals surface area contributed by atoms with Gasteiger partial charge in [0.1, 0.15) is 0 Å². The molecule has 16 heavy (non-hydrogen) atoms. The first-order valence-corrected chi connectivity index (χ1v) is 13.7. The Balaban J connectivity index is 5.63. The van der Waals surface area contributed by atoms with Gasteiger partial charge in [-0.25, -0.2) is 0 Å². The lowest BCUT2D eigenvalue weighted by molar-refractivity contribution is 0.228. The lowest BCUT2D eigenvalue weighted by Crippen LogP contribution is -2.58. The van der Waals surface area contributed by atoms with Gasteiger partial charge in [0.05, 0.1) is 0 Å². The Hall–Kier alpha value is 0.434. The van der Waals surface area contributed by atoms with Gasteiger partial charge in [-0.2, -0.15) is 0 Å². The molecule has 0 amide bonds. The van der Waals surface area contributed by atoms with Gasteiger partial charge >= 0.3 is 0 Å². The SMILES string of the molecule is CC(C(C)(C)C)C(C)([Si](C)(C)C)[Si](C)(C)C. The average molecular weight is 259 g/mol. The number of hydrogen-bond acceptors (Lipinski definition) is 0. The van der Waals surface area contributed by atoms with Crippen molar-refractivity contribution in [2.75, 3.05) is 0 Å². The molecular weight excluding hydrogens is 224 g/mol. The van der Waals surface area contributed by atoms with Crippen molar-refractivity contribution >= 4 is 16.1 Å². The summed E-state index contributed by atoms with van der Waals surface area (Å²) in [7, 11) is -2.31. The summed E-state index contributed by atoms with van der Waals surface area (Å²) in [6.45, 7) is 27.7. The van der Waals surface area contributed by atoms with E-state index in [0.717, 1.165) is 5.92 Å². The van der Waals surface area contributed by atoms with E-state index in [1.54, 1.807) is 0 Å². The number of rotatable bonds is 3. The Kier molecular flexibility index (Phi) is 4.39. The van der Waals surface area contributed by atoms with Crippen LogP contribution in [-0.2, 0) is 0 Å². The van der Waals surface area contributed by atoms with Crippen molar-refractivity contribution in [1.82, 2.24) is 0 Å². The molecular formula is C14H34Si2.